The average Bonchev–Trinajstić information content (AvgIpc) is 3.23. The SMILES string of the molecule is O=C(N[C@@H]1C[C@H]2CC[C@@H]1N2)c1ncc(-c2cccc(F)n2)o1. The van der Waals surface area contributed by atoms with Gasteiger partial charge in [-0.05, 0) is 31.4 Å². The summed E-state index contributed by atoms with van der Waals surface area (Å²) in [6, 6.07) is 5.34. The Bertz CT molecular complexity index is 717. The van der Waals surface area contributed by atoms with E-state index in [4.69, 9.17) is 4.42 Å². The summed E-state index contributed by atoms with van der Waals surface area (Å²) in [6.45, 7) is 0. The third kappa shape index (κ3) is 2.37. The Labute approximate surface area is 126 Å². The molecular formula is C15H15FN4O2. The van der Waals surface area contributed by atoms with Crippen molar-refractivity contribution in [3.63, 3.8) is 0 Å². The minimum Gasteiger partial charge on any atom is -0.431 e. The van der Waals surface area contributed by atoms with Crippen molar-refractivity contribution in [1.29, 1.82) is 0 Å². The molecule has 0 radical (unpaired) electrons. The van der Waals surface area contributed by atoms with E-state index in [1.807, 2.05) is 0 Å². The first-order valence-electron chi connectivity index (χ1n) is 7.35. The maximum atomic E-state index is 13.1. The number of pyridine rings is 1. The molecule has 1 amide bonds. The van der Waals surface area contributed by atoms with Crippen LogP contribution in [0.2, 0.25) is 0 Å². The Morgan fingerprint density at radius 3 is 3.05 bits per heavy atom. The molecule has 0 aromatic carbocycles. The van der Waals surface area contributed by atoms with E-state index >= 15 is 0 Å². The molecule has 4 rings (SSSR count). The zero-order valence-electron chi connectivity index (χ0n) is 11.8. The van der Waals surface area contributed by atoms with Gasteiger partial charge in [0.05, 0.1) is 6.20 Å². The van der Waals surface area contributed by atoms with E-state index in [2.05, 4.69) is 20.6 Å². The summed E-state index contributed by atoms with van der Waals surface area (Å²) in [7, 11) is 0. The van der Waals surface area contributed by atoms with Gasteiger partial charge in [0.1, 0.15) is 5.69 Å². The molecular weight excluding hydrogens is 287 g/mol. The molecule has 2 aromatic rings. The number of hydrogen-bond donors (Lipinski definition) is 2. The van der Waals surface area contributed by atoms with Crippen molar-refractivity contribution in [2.45, 2.75) is 37.4 Å². The number of aromatic nitrogens is 2. The molecule has 3 atom stereocenters. The van der Waals surface area contributed by atoms with Crippen molar-refractivity contribution in [2.24, 2.45) is 0 Å². The standard InChI is InChI=1S/C15H15FN4O2/c16-13-3-1-2-10(19-13)12-7-17-15(22-12)14(21)20-11-6-8-4-5-9(11)18-8/h1-3,7-9,11,18H,4-6H2,(H,20,21)/t8-,9+,11-/m1/s1. The molecule has 7 heteroatoms. The van der Waals surface area contributed by atoms with E-state index in [1.54, 1.807) is 6.07 Å². The number of amides is 1. The normalized spacial score (nSPS) is 26.3. The van der Waals surface area contributed by atoms with Gasteiger partial charge in [0, 0.05) is 18.1 Å². The molecule has 114 valence electrons. The second-order valence-corrected chi connectivity index (χ2v) is 5.74. The number of hydrogen-bond acceptors (Lipinski definition) is 5. The van der Waals surface area contributed by atoms with Gasteiger partial charge in [0.15, 0.2) is 5.76 Å². The van der Waals surface area contributed by atoms with Crippen molar-refractivity contribution in [1.82, 2.24) is 20.6 Å². The van der Waals surface area contributed by atoms with Crippen molar-refractivity contribution in [2.75, 3.05) is 0 Å². The average molecular weight is 302 g/mol. The highest BCUT2D eigenvalue weighted by Gasteiger charge is 2.40. The molecule has 2 aliphatic rings. The lowest BCUT2D eigenvalue weighted by molar-refractivity contribution is 0.0896. The highest BCUT2D eigenvalue weighted by Crippen LogP contribution is 2.28. The maximum Gasteiger partial charge on any atom is 0.307 e. The van der Waals surface area contributed by atoms with E-state index in [9.17, 15) is 9.18 Å². The van der Waals surface area contributed by atoms with Crippen LogP contribution in [0.25, 0.3) is 11.5 Å². The molecule has 2 saturated heterocycles. The van der Waals surface area contributed by atoms with Gasteiger partial charge in [-0.1, -0.05) is 6.07 Å². The third-order valence-corrected chi connectivity index (χ3v) is 4.28. The molecule has 2 N–H and O–H groups in total. The van der Waals surface area contributed by atoms with Gasteiger partial charge < -0.3 is 15.1 Å². The summed E-state index contributed by atoms with van der Waals surface area (Å²) >= 11 is 0. The van der Waals surface area contributed by atoms with E-state index in [0.717, 1.165) is 12.8 Å². The zero-order valence-corrected chi connectivity index (χ0v) is 11.8. The molecule has 2 fully saturated rings. The number of nitrogens with zero attached hydrogens (tertiary/aromatic N) is 2. The number of rotatable bonds is 3. The van der Waals surface area contributed by atoms with Gasteiger partial charge in [-0.3, -0.25) is 4.79 Å². The summed E-state index contributed by atoms with van der Waals surface area (Å²) in [5, 5.41) is 6.41. The lowest BCUT2D eigenvalue weighted by Gasteiger charge is -2.20. The molecule has 4 heterocycles. The van der Waals surface area contributed by atoms with Crippen LogP contribution in [0.15, 0.2) is 28.8 Å². The molecule has 0 aliphatic carbocycles. The van der Waals surface area contributed by atoms with Crippen molar-refractivity contribution >= 4 is 5.91 Å². The highest BCUT2D eigenvalue weighted by molar-refractivity contribution is 5.90. The molecule has 0 unspecified atom stereocenters. The Hall–Kier alpha value is -2.28. The van der Waals surface area contributed by atoms with Gasteiger partial charge in [-0.15, -0.1) is 0 Å². The fourth-order valence-electron chi connectivity index (χ4n) is 3.26. The van der Waals surface area contributed by atoms with Crippen LogP contribution in [0.1, 0.15) is 29.9 Å². The number of halogens is 1. The Kier molecular flexibility index (Phi) is 3.15. The number of carbonyl (C=O) groups excluding carboxylic acids is 1. The van der Waals surface area contributed by atoms with Gasteiger partial charge >= 0.3 is 5.91 Å². The van der Waals surface area contributed by atoms with Gasteiger partial charge in [0.2, 0.25) is 5.95 Å². The maximum absolute atomic E-state index is 13.1. The lowest BCUT2D eigenvalue weighted by atomic mass is 9.95. The minimum absolute atomic E-state index is 0.0242. The molecule has 0 saturated carbocycles. The van der Waals surface area contributed by atoms with E-state index in [1.165, 1.54) is 24.8 Å². The number of oxazole rings is 1. The van der Waals surface area contributed by atoms with Gasteiger partial charge in [-0.2, -0.15) is 4.39 Å². The summed E-state index contributed by atoms with van der Waals surface area (Å²) in [6.07, 6.45) is 4.58. The quantitative estimate of drug-likeness (QED) is 0.840. The van der Waals surface area contributed by atoms with E-state index in [-0.39, 0.29) is 23.6 Å². The zero-order chi connectivity index (χ0) is 15.1. The van der Waals surface area contributed by atoms with E-state index < -0.39 is 5.95 Å². The highest BCUT2D eigenvalue weighted by atomic mass is 19.1. The summed E-state index contributed by atoms with van der Waals surface area (Å²) < 4.78 is 18.5. The molecule has 2 bridgehead atoms. The molecule has 6 nitrogen and oxygen atoms in total. The third-order valence-electron chi connectivity index (χ3n) is 4.28. The summed E-state index contributed by atoms with van der Waals surface area (Å²) in [4.78, 5) is 19.9. The predicted molar refractivity (Wildman–Crippen MR) is 75.5 cm³/mol. The van der Waals surface area contributed by atoms with Crippen LogP contribution < -0.4 is 10.6 Å². The van der Waals surface area contributed by atoms with Crippen molar-refractivity contribution in [3.05, 3.63) is 36.2 Å². The second-order valence-electron chi connectivity index (χ2n) is 5.74. The van der Waals surface area contributed by atoms with Crippen molar-refractivity contribution in [3.8, 4) is 11.5 Å². The summed E-state index contributed by atoms with van der Waals surface area (Å²) in [5.74, 6) is -0.700. The molecule has 2 aliphatic heterocycles. The predicted octanol–water partition coefficient (Wildman–Crippen LogP) is 1.50. The minimum atomic E-state index is -0.604. The molecule has 2 aromatic heterocycles. The molecule has 22 heavy (non-hydrogen) atoms. The lowest BCUT2D eigenvalue weighted by Crippen LogP contribution is -2.43. The van der Waals surface area contributed by atoms with Crippen LogP contribution in [-0.4, -0.2) is 34.0 Å². The fourth-order valence-corrected chi connectivity index (χ4v) is 3.26. The smallest absolute Gasteiger partial charge is 0.307 e. The number of carbonyl (C=O) groups is 1. The summed E-state index contributed by atoms with van der Waals surface area (Å²) in [5.41, 5.74) is 0.313. The fraction of sp³-hybridized carbons (Fsp3) is 0.400. The number of fused-ring (bicyclic) bond motifs is 2. The monoisotopic (exact) mass is 302 g/mol. The van der Waals surface area contributed by atoms with Crippen LogP contribution in [0.3, 0.4) is 0 Å². The molecule has 0 spiro atoms. The van der Waals surface area contributed by atoms with Crippen LogP contribution in [-0.2, 0) is 0 Å². The first kappa shape index (κ1) is 13.4. The topological polar surface area (TPSA) is 80.0 Å². The van der Waals surface area contributed by atoms with E-state index in [0.29, 0.717) is 17.8 Å². The second kappa shape index (κ2) is 5.17. The van der Waals surface area contributed by atoms with Crippen LogP contribution in [0.5, 0.6) is 0 Å². The number of nitrogens with one attached hydrogen (secondary N) is 2. The Morgan fingerprint density at radius 1 is 1.41 bits per heavy atom. The Morgan fingerprint density at radius 2 is 2.32 bits per heavy atom. The van der Waals surface area contributed by atoms with Crippen LogP contribution >= 0.6 is 0 Å². The van der Waals surface area contributed by atoms with Gasteiger partial charge in [-0.25, -0.2) is 9.97 Å². The van der Waals surface area contributed by atoms with Crippen LogP contribution in [0, 0.1) is 5.95 Å². The first-order valence-corrected chi connectivity index (χ1v) is 7.35. The largest absolute Gasteiger partial charge is 0.431 e. The van der Waals surface area contributed by atoms with Crippen LogP contribution in [0.4, 0.5) is 4.39 Å². The van der Waals surface area contributed by atoms with Gasteiger partial charge in [0.25, 0.3) is 5.89 Å². The Balaban J connectivity index is 1.48. The van der Waals surface area contributed by atoms with Crippen molar-refractivity contribution < 1.29 is 13.6 Å². The first-order chi connectivity index (χ1) is 10.7.